The molecule has 2 rings (SSSR count). The van der Waals surface area contributed by atoms with Gasteiger partial charge in [-0.1, -0.05) is 6.07 Å². The average molecular weight is 328 g/mol. The van der Waals surface area contributed by atoms with Crippen LogP contribution in [0.15, 0.2) is 17.5 Å². The fraction of sp³-hybridized carbons (Fsp3) is 0.571. The molecule has 2 heterocycles. The Balaban J connectivity index is 1.88. The van der Waals surface area contributed by atoms with Gasteiger partial charge in [0.15, 0.2) is 0 Å². The molecule has 21 heavy (non-hydrogen) atoms. The van der Waals surface area contributed by atoms with E-state index >= 15 is 0 Å². The van der Waals surface area contributed by atoms with Crippen molar-refractivity contribution >= 4 is 35.0 Å². The van der Waals surface area contributed by atoms with Gasteiger partial charge in [0.1, 0.15) is 0 Å². The third-order valence-corrected chi connectivity index (χ3v) is 5.45. The average Bonchev–Trinajstić information content (AvgIpc) is 2.93. The van der Waals surface area contributed by atoms with Crippen LogP contribution in [0.3, 0.4) is 0 Å². The van der Waals surface area contributed by atoms with Crippen LogP contribution in [-0.2, 0) is 16.1 Å². The van der Waals surface area contributed by atoms with Crippen LogP contribution < -0.4 is 0 Å². The van der Waals surface area contributed by atoms with E-state index in [9.17, 15) is 9.59 Å². The lowest BCUT2D eigenvalue weighted by molar-refractivity contribution is -0.139. The molecular formula is C14H20N2O3S2. The Kier molecular flexibility index (Phi) is 6.08. The van der Waals surface area contributed by atoms with Gasteiger partial charge in [-0.2, -0.15) is 11.8 Å². The summed E-state index contributed by atoms with van der Waals surface area (Å²) in [4.78, 5) is 28.1. The number of amides is 1. The van der Waals surface area contributed by atoms with Crippen molar-refractivity contribution in [2.75, 3.05) is 31.6 Å². The smallest absolute Gasteiger partial charge is 0.304 e. The summed E-state index contributed by atoms with van der Waals surface area (Å²) >= 11 is 3.39. The first kappa shape index (κ1) is 16.3. The van der Waals surface area contributed by atoms with Gasteiger partial charge in [0.2, 0.25) is 5.91 Å². The van der Waals surface area contributed by atoms with Gasteiger partial charge in [-0.05, 0) is 11.4 Å². The number of carbonyl (C=O) groups excluding carboxylic acids is 1. The molecule has 0 aliphatic carbocycles. The lowest BCUT2D eigenvalue weighted by Crippen LogP contribution is -2.48. The second kappa shape index (κ2) is 7.82. The number of hydrogen-bond acceptors (Lipinski definition) is 5. The Hall–Kier alpha value is -1.05. The number of carbonyl (C=O) groups is 2. The molecule has 1 aliphatic rings. The Morgan fingerprint density at radius 1 is 1.52 bits per heavy atom. The summed E-state index contributed by atoms with van der Waals surface area (Å²) in [6.45, 7) is 1.70. The van der Waals surface area contributed by atoms with Gasteiger partial charge < -0.3 is 10.0 Å². The predicted octanol–water partition coefficient (Wildman–Crippen LogP) is 1.60. The third-order valence-electron chi connectivity index (χ3n) is 3.50. The summed E-state index contributed by atoms with van der Waals surface area (Å²) in [6.07, 6.45) is 0.106. The van der Waals surface area contributed by atoms with Crippen LogP contribution in [0, 0.1) is 0 Å². The zero-order chi connectivity index (χ0) is 15.2. The SMILES string of the molecule is CN(Cc1cccs1)C(=O)CN1CCSCC1CC(=O)O. The van der Waals surface area contributed by atoms with E-state index in [-0.39, 0.29) is 18.4 Å². The number of rotatable bonds is 6. The van der Waals surface area contributed by atoms with Crippen LogP contribution >= 0.6 is 23.1 Å². The first-order valence-electron chi connectivity index (χ1n) is 6.86. The fourth-order valence-corrected chi connectivity index (χ4v) is 4.19. The van der Waals surface area contributed by atoms with Gasteiger partial charge in [0.05, 0.1) is 19.5 Å². The van der Waals surface area contributed by atoms with Crippen LogP contribution in [-0.4, -0.2) is 64.5 Å². The number of thioether (sulfide) groups is 1. The van der Waals surface area contributed by atoms with Crippen LogP contribution in [0.5, 0.6) is 0 Å². The molecule has 1 aromatic rings. The molecule has 1 aromatic heterocycles. The Morgan fingerprint density at radius 2 is 2.33 bits per heavy atom. The van der Waals surface area contributed by atoms with Crippen molar-refractivity contribution in [1.29, 1.82) is 0 Å². The van der Waals surface area contributed by atoms with E-state index in [0.29, 0.717) is 13.1 Å². The highest BCUT2D eigenvalue weighted by Gasteiger charge is 2.27. The molecule has 116 valence electrons. The Morgan fingerprint density at radius 3 is 3.00 bits per heavy atom. The van der Waals surface area contributed by atoms with Crippen LogP contribution in [0.4, 0.5) is 0 Å². The minimum atomic E-state index is -0.799. The van der Waals surface area contributed by atoms with Gasteiger partial charge in [-0.25, -0.2) is 0 Å². The molecule has 1 aliphatic heterocycles. The summed E-state index contributed by atoms with van der Waals surface area (Å²) in [5.41, 5.74) is 0. The quantitative estimate of drug-likeness (QED) is 0.859. The largest absolute Gasteiger partial charge is 0.481 e. The van der Waals surface area contributed by atoms with E-state index in [0.717, 1.165) is 22.9 Å². The normalized spacial score (nSPS) is 19.4. The molecule has 1 unspecified atom stereocenters. The van der Waals surface area contributed by atoms with E-state index in [1.165, 1.54) is 0 Å². The molecule has 0 aromatic carbocycles. The molecule has 1 saturated heterocycles. The molecule has 0 radical (unpaired) electrons. The predicted molar refractivity (Wildman–Crippen MR) is 85.7 cm³/mol. The van der Waals surface area contributed by atoms with Crippen LogP contribution in [0.25, 0.3) is 0 Å². The summed E-state index contributed by atoms with van der Waals surface area (Å²) in [6, 6.07) is 3.95. The minimum Gasteiger partial charge on any atom is -0.481 e. The lowest BCUT2D eigenvalue weighted by atomic mass is 10.2. The van der Waals surface area contributed by atoms with Gasteiger partial charge >= 0.3 is 5.97 Å². The first-order valence-corrected chi connectivity index (χ1v) is 8.89. The van der Waals surface area contributed by atoms with Gasteiger partial charge in [0, 0.05) is 36.0 Å². The Bertz CT molecular complexity index is 479. The lowest BCUT2D eigenvalue weighted by Gasteiger charge is -2.34. The van der Waals surface area contributed by atoms with Gasteiger partial charge in [-0.3, -0.25) is 14.5 Å². The fourth-order valence-electron chi connectivity index (χ4n) is 2.31. The maximum absolute atomic E-state index is 12.3. The molecule has 1 N–H and O–H groups in total. The number of thiophene rings is 1. The zero-order valence-corrected chi connectivity index (χ0v) is 13.7. The highest BCUT2D eigenvalue weighted by Crippen LogP contribution is 2.19. The van der Waals surface area contributed by atoms with Crippen molar-refractivity contribution in [1.82, 2.24) is 9.80 Å². The van der Waals surface area contributed by atoms with Crippen molar-refractivity contribution in [2.45, 2.75) is 19.0 Å². The minimum absolute atomic E-state index is 0.0414. The highest BCUT2D eigenvalue weighted by atomic mass is 32.2. The second-order valence-electron chi connectivity index (χ2n) is 5.13. The van der Waals surface area contributed by atoms with E-state index in [1.54, 1.807) is 35.0 Å². The maximum atomic E-state index is 12.3. The molecule has 0 saturated carbocycles. The number of carboxylic acid groups (broad SMARTS) is 1. The van der Waals surface area contributed by atoms with E-state index in [4.69, 9.17) is 5.11 Å². The number of aliphatic carboxylic acids is 1. The molecule has 5 nitrogen and oxygen atoms in total. The van der Waals surface area contributed by atoms with Crippen molar-refractivity contribution < 1.29 is 14.7 Å². The number of nitrogens with zero attached hydrogens (tertiary/aromatic N) is 2. The van der Waals surface area contributed by atoms with Gasteiger partial charge in [0.25, 0.3) is 0 Å². The summed E-state index contributed by atoms with van der Waals surface area (Å²) < 4.78 is 0. The maximum Gasteiger partial charge on any atom is 0.304 e. The summed E-state index contributed by atoms with van der Waals surface area (Å²) in [5.74, 6) is 0.990. The molecule has 1 amide bonds. The first-order chi connectivity index (χ1) is 10.1. The van der Waals surface area contributed by atoms with Crippen LogP contribution in [0.1, 0.15) is 11.3 Å². The summed E-state index contributed by atoms with van der Waals surface area (Å²) in [7, 11) is 1.80. The molecule has 1 fully saturated rings. The van der Waals surface area contributed by atoms with Crippen molar-refractivity contribution in [2.24, 2.45) is 0 Å². The topological polar surface area (TPSA) is 60.9 Å². The third kappa shape index (κ3) is 5.01. The van der Waals surface area contributed by atoms with Crippen molar-refractivity contribution in [3.63, 3.8) is 0 Å². The number of likely N-dealkylation sites (N-methyl/N-ethyl adjacent to an activating group) is 1. The number of hydrogen-bond donors (Lipinski definition) is 1. The monoisotopic (exact) mass is 328 g/mol. The molecule has 7 heteroatoms. The molecule has 0 bridgehead atoms. The molecule has 1 atom stereocenters. The highest BCUT2D eigenvalue weighted by molar-refractivity contribution is 7.99. The zero-order valence-electron chi connectivity index (χ0n) is 12.0. The number of carboxylic acids is 1. The standard InChI is InChI=1S/C14H20N2O3S2/c1-15(8-12-3-2-5-21-12)13(17)9-16-4-6-20-10-11(16)7-14(18)19/h2-3,5,11H,4,6-10H2,1H3,(H,18,19). The van der Waals surface area contributed by atoms with E-state index in [1.807, 2.05) is 22.4 Å². The molecular weight excluding hydrogens is 308 g/mol. The van der Waals surface area contributed by atoms with Crippen LogP contribution in [0.2, 0.25) is 0 Å². The summed E-state index contributed by atoms with van der Waals surface area (Å²) in [5, 5.41) is 11.0. The van der Waals surface area contributed by atoms with E-state index < -0.39 is 5.97 Å². The Labute approximate surface area is 132 Å². The van der Waals surface area contributed by atoms with E-state index in [2.05, 4.69) is 0 Å². The van der Waals surface area contributed by atoms with Crippen molar-refractivity contribution in [3.8, 4) is 0 Å². The second-order valence-corrected chi connectivity index (χ2v) is 7.31. The van der Waals surface area contributed by atoms with Crippen molar-refractivity contribution in [3.05, 3.63) is 22.4 Å². The van der Waals surface area contributed by atoms with Gasteiger partial charge in [-0.15, -0.1) is 11.3 Å². The molecule has 0 spiro atoms.